The van der Waals surface area contributed by atoms with Crippen LogP contribution in [-0.2, 0) is 0 Å². The number of hydrogen-bond donors (Lipinski definition) is 1. The van der Waals surface area contributed by atoms with Gasteiger partial charge in [-0.2, -0.15) is 0 Å². The Balaban J connectivity index is 2.22. The van der Waals surface area contributed by atoms with Crippen molar-refractivity contribution < 1.29 is 0 Å². The fourth-order valence-corrected chi connectivity index (χ4v) is 2.83. The van der Waals surface area contributed by atoms with Crippen LogP contribution in [0.4, 0.5) is 5.69 Å². The Morgan fingerprint density at radius 2 is 2.20 bits per heavy atom. The van der Waals surface area contributed by atoms with Gasteiger partial charge in [0.15, 0.2) is 0 Å². The summed E-state index contributed by atoms with van der Waals surface area (Å²) in [4.78, 5) is 4.94. The molecule has 1 aromatic carbocycles. The van der Waals surface area contributed by atoms with E-state index in [0.29, 0.717) is 0 Å². The number of unbranched alkanes of at least 4 members (excludes halogenated alkanes) is 1. The number of rotatable bonds is 5. The van der Waals surface area contributed by atoms with Crippen LogP contribution < -0.4 is 10.6 Å². The van der Waals surface area contributed by atoms with E-state index >= 15 is 0 Å². The van der Waals surface area contributed by atoms with E-state index in [-0.39, 0.29) is 0 Å². The third kappa shape index (κ3) is 3.93. The monoisotopic (exact) mass is 288 g/mol. The summed E-state index contributed by atoms with van der Waals surface area (Å²) in [7, 11) is 2.79. The smallest absolute Gasteiger partial charge is 0.0734 e. The maximum Gasteiger partial charge on any atom is 0.0734 e. The Morgan fingerprint density at radius 1 is 1.35 bits per heavy atom. The molecule has 1 aliphatic carbocycles. The van der Waals surface area contributed by atoms with Crippen LogP contribution in [0.3, 0.4) is 0 Å². The molecule has 0 aliphatic heterocycles. The Bertz CT molecular complexity index is 497. The predicted octanol–water partition coefficient (Wildman–Crippen LogP) is 4.03. The second-order valence-corrected chi connectivity index (χ2v) is 5.98. The summed E-state index contributed by atoms with van der Waals surface area (Å²) in [6, 6.07) is 6.32. The molecule has 0 saturated heterocycles. The SMILES string of the molecule is CCCCNC1=CCCC/C1=N\c1c(C)cccc1P. The molecule has 0 fully saturated rings. The van der Waals surface area contributed by atoms with Crippen LogP contribution in [0.5, 0.6) is 0 Å². The van der Waals surface area contributed by atoms with Crippen LogP contribution in [0.15, 0.2) is 35.0 Å². The standard InChI is InChI=1S/C17H25N2P/c1-3-4-12-18-14-9-5-6-10-15(14)19-17-13(2)8-7-11-16(17)20/h7-9,11,18H,3-6,10,12,20H2,1-2H3/b19-15+. The molecule has 0 bridgehead atoms. The molecule has 1 unspecified atom stereocenters. The van der Waals surface area contributed by atoms with Crippen LogP contribution in [0.25, 0.3) is 0 Å². The largest absolute Gasteiger partial charge is 0.384 e. The van der Waals surface area contributed by atoms with Gasteiger partial charge in [-0.3, -0.25) is 4.99 Å². The zero-order valence-electron chi connectivity index (χ0n) is 12.6. The Hall–Kier alpha value is -1.14. The average molecular weight is 288 g/mol. The minimum Gasteiger partial charge on any atom is -0.384 e. The van der Waals surface area contributed by atoms with Crippen LogP contribution in [-0.4, -0.2) is 12.3 Å². The lowest BCUT2D eigenvalue weighted by molar-refractivity contribution is 0.710. The first-order valence-corrected chi connectivity index (χ1v) is 8.17. The van der Waals surface area contributed by atoms with Crippen molar-refractivity contribution in [3.8, 4) is 0 Å². The summed E-state index contributed by atoms with van der Waals surface area (Å²) >= 11 is 0. The first-order chi connectivity index (χ1) is 9.72. The zero-order chi connectivity index (χ0) is 14.4. The molecule has 1 N–H and O–H groups in total. The van der Waals surface area contributed by atoms with Crippen LogP contribution >= 0.6 is 9.24 Å². The highest BCUT2D eigenvalue weighted by Gasteiger charge is 2.12. The lowest BCUT2D eigenvalue weighted by atomic mass is 10.0. The van der Waals surface area contributed by atoms with Crippen molar-refractivity contribution in [2.45, 2.75) is 46.0 Å². The van der Waals surface area contributed by atoms with Gasteiger partial charge in [0, 0.05) is 6.54 Å². The molecular weight excluding hydrogens is 263 g/mol. The Labute approximate surface area is 125 Å². The van der Waals surface area contributed by atoms with Crippen LogP contribution in [0.2, 0.25) is 0 Å². The van der Waals surface area contributed by atoms with Gasteiger partial charge in [-0.05, 0) is 43.5 Å². The number of nitrogens with zero attached hydrogens (tertiary/aromatic N) is 1. The molecular formula is C17H25N2P. The summed E-state index contributed by atoms with van der Waals surface area (Å²) in [5.74, 6) is 0. The second kappa shape index (κ2) is 7.59. The summed E-state index contributed by atoms with van der Waals surface area (Å²) in [5, 5.41) is 4.73. The van der Waals surface area contributed by atoms with Crippen LogP contribution in [0.1, 0.15) is 44.6 Å². The van der Waals surface area contributed by atoms with Gasteiger partial charge in [-0.25, -0.2) is 0 Å². The van der Waals surface area contributed by atoms with E-state index in [9.17, 15) is 0 Å². The van der Waals surface area contributed by atoms with Crippen molar-refractivity contribution in [3.63, 3.8) is 0 Å². The maximum absolute atomic E-state index is 4.94. The molecule has 2 nitrogen and oxygen atoms in total. The van der Waals surface area contributed by atoms with Gasteiger partial charge in [0.25, 0.3) is 0 Å². The van der Waals surface area contributed by atoms with Gasteiger partial charge >= 0.3 is 0 Å². The van der Waals surface area contributed by atoms with Gasteiger partial charge in [-0.15, -0.1) is 9.24 Å². The molecule has 1 atom stereocenters. The molecule has 0 heterocycles. The number of aliphatic imine (C=N–C) groups is 1. The number of hydrogen-bond acceptors (Lipinski definition) is 2. The number of para-hydroxylation sites is 1. The molecule has 3 heteroatoms. The molecule has 0 aromatic heterocycles. The number of aryl methyl sites for hydroxylation is 1. The van der Waals surface area contributed by atoms with Gasteiger partial charge in [0.2, 0.25) is 0 Å². The van der Waals surface area contributed by atoms with E-state index < -0.39 is 0 Å². The molecule has 0 radical (unpaired) electrons. The van der Waals surface area contributed by atoms with E-state index in [0.717, 1.165) is 25.1 Å². The quantitative estimate of drug-likeness (QED) is 0.642. The van der Waals surface area contributed by atoms with Gasteiger partial charge in [-0.1, -0.05) is 37.6 Å². The normalized spacial score (nSPS) is 17.1. The molecule has 2 rings (SSSR count). The minimum absolute atomic E-state index is 1.04. The number of allylic oxidation sites excluding steroid dienone is 2. The third-order valence-electron chi connectivity index (χ3n) is 3.64. The molecule has 108 valence electrons. The molecule has 0 saturated carbocycles. The fourth-order valence-electron chi connectivity index (χ4n) is 2.43. The van der Waals surface area contributed by atoms with E-state index in [1.807, 2.05) is 0 Å². The molecule has 20 heavy (non-hydrogen) atoms. The van der Waals surface area contributed by atoms with Crippen molar-refractivity contribution in [3.05, 3.63) is 35.5 Å². The highest BCUT2D eigenvalue weighted by molar-refractivity contribution is 7.28. The maximum atomic E-state index is 4.94. The molecule has 1 aliphatic rings. The first-order valence-electron chi connectivity index (χ1n) is 7.59. The van der Waals surface area contributed by atoms with E-state index in [1.54, 1.807) is 0 Å². The van der Waals surface area contributed by atoms with Crippen LogP contribution in [0, 0.1) is 6.92 Å². The van der Waals surface area contributed by atoms with Gasteiger partial charge < -0.3 is 5.32 Å². The highest BCUT2D eigenvalue weighted by atomic mass is 31.0. The third-order valence-corrected chi connectivity index (χ3v) is 4.10. The Kier molecular flexibility index (Phi) is 5.79. The number of benzene rings is 1. The van der Waals surface area contributed by atoms with Gasteiger partial charge in [0.05, 0.1) is 17.1 Å². The van der Waals surface area contributed by atoms with E-state index in [2.05, 4.69) is 52.7 Å². The minimum atomic E-state index is 1.04. The second-order valence-electron chi connectivity index (χ2n) is 5.36. The lowest BCUT2D eigenvalue weighted by Crippen LogP contribution is -2.23. The summed E-state index contributed by atoms with van der Waals surface area (Å²) in [5.41, 5.74) is 4.81. The molecule has 0 amide bonds. The summed E-state index contributed by atoms with van der Waals surface area (Å²) in [6.07, 6.45) is 8.18. The van der Waals surface area contributed by atoms with Crippen molar-refractivity contribution >= 4 is 25.9 Å². The lowest BCUT2D eigenvalue weighted by Gasteiger charge is -2.18. The summed E-state index contributed by atoms with van der Waals surface area (Å²) < 4.78 is 0. The first kappa shape index (κ1) is 15.3. The van der Waals surface area contributed by atoms with Crippen molar-refractivity contribution in [1.82, 2.24) is 5.32 Å². The van der Waals surface area contributed by atoms with Gasteiger partial charge in [0.1, 0.15) is 0 Å². The van der Waals surface area contributed by atoms with E-state index in [4.69, 9.17) is 4.99 Å². The van der Waals surface area contributed by atoms with E-state index in [1.165, 1.54) is 41.5 Å². The topological polar surface area (TPSA) is 24.4 Å². The highest BCUT2D eigenvalue weighted by Crippen LogP contribution is 2.22. The zero-order valence-corrected chi connectivity index (χ0v) is 13.7. The Morgan fingerprint density at radius 3 is 2.95 bits per heavy atom. The van der Waals surface area contributed by atoms with Crippen molar-refractivity contribution in [2.24, 2.45) is 4.99 Å². The van der Waals surface area contributed by atoms with Crippen molar-refractivity contribution in [1.29, 1.82) is 0 Å². The molecule has 1 aromatic rings. The average Bonchev–Trinajstić information content (AvgIpc) is 2.45. The molecule has 0 spiro atoms. The predicted molar refractivity (Wildman–Crippen MR) is 92.5 cm³/mol. The summed E-state index contributed by atoms with van der Waals surface area (Å²) in [6.45, 7) is 5.40. The van der Waals surface area contributed by atoms with Crippen molar-refractivity contribution in [2.75, 3.05) is 6.54 Å². The number of nitrogens with one attached hydrogen (secondary N) is 1. The fraction of sp³-hybridized carbons (Fsp3) is 0.471.